The molecule has 1 atom stereocenters. The fourth-order valence-corrected chi connectivity index (χ4v) is 4.61. The predicted octanol–water partition coefficient (Wildman–Crippen LogP) is 4.02. The molecule has 1 aromatic heterocycles. The van der Waals surface area contributed by atoms with Crippen molar-refractivity contribution in [1.29, 1.82) is 0 Å². The van der Waals surface area contributed by atoms with Crippen LogP contribution in [0, 0.1) is 0 Å². The van der Waals surface area contributed by atoms with Gasteiger partial charge in [0, 0.05) is 32.2 Å². The maximum atomic E-state index is 5.50. The number of para-hydroxylation sites is 1. The molecule has 0 spiro atoms. The molecule has 1 aliphatic rings. The summed E-state index contributed by atoms with van der Waals surface area (Å²) < 4.78 is 6.77. The Balaban J connectivity index is 1.50. The molecule has 3 aromatic rings. The highest BCUT2D eigenvalue weighted by Crippen LogP contribution is 2.24. The number of morpholine rings is 1. The van der Waals surface area contributed by atoms with Gasteiger partial charge in [0.2, 0.25) is 0 Å². The quantitative estimate of drug-likeness (QED) is 0.618. The van der Waals surface area contributed by atoms with Gasteiger partial charge in [0.1, 0.15) is 5.01 Å². The third-order valence-corrected chi connectivity index (χ3v) is 6.18. The fourth-order valence-electron chi connectivity index (χ4n) is 3.62. The predicted molar refractivity (Wildman–Crippen MR) is 112 cm³/mol. The Kier molecular flexibility index (Phi) is 6.14. The maximum absolute atomic E-state index is 5.50. The molecule has 5 heteroatoms. The maximum Gasteiger partial charge on any atom is 0.108 e. The standard InChI is InChI=1S/C22H27N3OS/c1-18(15-24-11-13-26-14-12-24)25(16-19-7-3-2-4-8-19)17-22-23-20-9-5-6-10-21(20)27-22/h2-10,18H,11-17H2,1H3. The van der Waals surface area contributed by atoms with E-state index in [1.165, 1.54) is 15.3 Å². The summed E-state index contributed by atoms with van der Waals surface area (Å²) in [7, 11) is 0. The van der Waals surface area contributed by atoms with Crippen LogP contribution in [0.15, 0.2) is 54.6 Å². The fraction of sp³-hybridized carbons (Fsp3) is 0.409. The minimum absolute atomic E-state index is 0.454. The van der Waals surface area contributed by atoms with E-state index in [0.717, 1.165) is 51.5 Å². The van der Waals surface area contributed by atoms with Crippen molar-refractivity contribution in [2.24, 2.45) is 0 Å². The second kappa shape index (κ2) is 8.93. The van der Waals surface area contributed by atoms with Crippen LogP contribution in [0.2, 0.25) is 0 Å². The Morgan fingerprint density at radius 3 is 2.56 bits per heavy atom. The number of benzene rings is 2. The van der Waals surface area contributed by atoms with Gasteiger partial charge in [-0.2, -0.15) is 0 Å². The second-order valence-electron chi connectivity index (χ2n) is 7.23. The molecule has 1 aliphatic heterocycles. The molecular weight excluding hydrogens is 354 g/mol. The van der Waals surface area contributed by atoms with Gasteiger partial charge < -0.3 is 4.74 Å². The molecule has 1 unspecified atom stereocenters. The molecule has 0 N–H and O–H groups in total. The number of ether oxygens (including phenoxy) is 1. The molecule has 1 saturated heterocycles. The summed E-state index contributed by atoms with van der Waals surface area (Å²) >= 11 is 1.81. The van der Waals surface area contributed by atoms with Crippen LogP contribution in [0.4, 0.5) is 0 Å². The minimum Gasteiger partial charge on any atom is -0.379 e. The molecule has 27 heavy (non-hydrogen) atoms. The van der Waals surface area contributed by atoms with E-state index >= 15 is 0 Å². The van der Waals surface area contributed by atoms with Crippen molar-refractivity contribution in [2.45, 2.75) is 26.1 Å². The zero-order valence-corrected chi connectivity index (χ0v) is 16.7. The van der Waals surface area contributed by atoms with Crippen molar-refractivity contribution >= 4 is 21.6 Å². The zero-order chi connectivity index (χ0) is 18.5. The molecule has 2 heterocycles. The lowest BCUT2D eigenvalue weighted by molar-refractivity contribution is 0.0226. The molecule has 0 aliphatic carbocycles. The molecule has 4 nitrogen and oxygen atoms in total. The smallest absolute Gasteiger partial charge is 0.108 e. The molecule has 0 bridgehead atoms. The van der Waals surface area contributed by atoms with Gasteiger partial charge in [-0.25, -0.2) is 4.98 Å². The van der Waals surface area contributed by atoms with E-state index in [0.29, 0.717) is 6.04 Å². The summed E-state index contributed by atoms with van der Waals surface area (Å²) in [5.41, 5.74) is 2.46. The van der Waals surface area contributed by atoms with E-state index in [1.54, 1.807) is 0 Å². The van der Waals surface area contributed by atoms with Gasteiger partial charge in [0.05, 0.1) is 30.0 Å². The third-order valence-electron chi connectivity index (χ3n) is 5.15. The van der Waals surface area contributed by atoms with Crippen LogP contribution in [-0.2, 0) is 17.8 Å². The Morgan fingerprint density at radius 2 is 1.78 bits per heavy atom. The van der Waals surface area contributed by atoms with Gasteiger partial charge in [0.15, 0.2) is 0 Å². The first kappa shape index (κ1) is 18.6. The first-order valence-electron chi connectivity index (χ1n) is 9.70. The number of hydrogen-bond donors (Lipinski definition) is 0. The van der Waals surface area contributed by atoms with Gasteiger partial charge >= 0.3 is 0 Å². The van der Waals surface area contributed by atoms with E-state index in [-0.39, 0.29) is 0 Å². The van der Waals surface area contributed by atoms with Gasteiger partial charge in [-0.05, 0) is 24.6 Å². The van der Waals surface area contributed by atoms with Crippen LogP contribution in [0.5, 0.6) is 0 Å². The molecule has 4 rings (SSSR count). The Hall–Kier alpha value is -1.79. The molecule has 0 radical (unpaired) electrons. The monoisotopic (exact) mass is 381 g/mol. The van der Waals surface area contributed by atoms with Crippen LogP contribution in [0.3, 0.4) is 0 Å². The SMILES string of the molecule is CC(CN1CCOCC1)N(Cc1ccccc1)Cc1nc2ccccc2s1. The van der Waals surface area contributed by atoms with Crippen LogP contribution < -0.4 is 0 Å². The Labute approximate surface area is 165 Å². The topological polar surface area (TPSA) is 28.6 Å². The lowest BCUT2D eigenvalue weighted by Gasteiger charge is -2.34. The summed E-state index contributed by atoms with van der Waals surface area (Å²) in [5.74, 6) is 0. The third kappa shape index (κ3) is 4.93. The Bertz CT molecular complexity index is 812. The summed E-state index contributed by atoms with van der Waals surface area (Å²) in [6.07, 6.45) is 0. The largest absolute Gasteiger partial charge is 0.379 e. The molecular formula is C22H27N3OS. The van der Waals surface area contributed by atoms with Gasteiger partial charge in [-0.1, -0.05) is 42.5 Å². The van der Waals surface area contributed by atoms with Crippen LogP contribution in [0.1, 0.15) is 17.5 Å². The minimum atomic E-state index is 0.454. The summed E-state index contributed by atoms with van der Waals surface area (Å²) in [6.45, 7) is 9.01. The first-order chi connectivity index (χ1) is 13.3. The van der Waals surface area contributed by atoms with Crippen molar-refractivity contribution < 1.29 is 4.74 Å². The van der Waals surface area contributed by atoms with Gasteiger partial charge in [0.25, 0.3) is 0 Å². The summed E-state index contributed by atoms with van der Waals surface area (Å²) in [6, 6.07) is 19.6. The van der Waals surface area contributed by atoms with Crippen LogP contribution in [0.25, 0.3) is 10.2 Å². The van der Waals surface area contributed by atoms with Crippen LogP contribution in [-0.4, -0.2) is 53.7 Å². The van der Waals surface area contributed by atoms with Crippen LogP contribution >= 0.6 is 11.3 Å². The van der Waals surface area contributed by atoms with Crippen molar-refractivity contribution in [1.82, 2.24) is 14.8 Å². The lowest BCUT2D eigenvalue weighted by Crippen LogP contribution is -2.45. The molecule has 0 amide bonds. The number of fused-ring (bicyclic) bond motifs is 1. The molecule has 0 saturated carbocycles. The Morgan fingerprint density at radius 1 is 1.04 bits per heavy atom. The second-order valence-corrected chi connectivity index (χ2v) is 8.34. The number of aromatic nitrogens is 1. The van der Waals surface area contributed by atoms with Crippen molar-refractivity contribution in [3.05, 3.63) is 65.2 Å². The van der Waals surface area contributed by atoms with E-state index < -0.39 is 0 Å². The number of thiazole rings is 1. The van der Waals surface area contributed by atoms with E-state index in [2.05, 4.69) is 71.3 Å². The van der Waals surface area contributed by atoms with E-state index in [1.807, 2.05) is 11.3 Å². The number of nitrogens with zero attached hydrogens (tertiary/aromatic N) is 3. The average Bonchev–Trinajstić information content (AvgIpc) is 3.11. The normalized spacial score (nSPS) is 16.8. The first-order valence-corrected chi connectivity index (χ1v) is 10.5. The van der Waals surface area contributed by atoms with Crippen molar-refractivity contribution in [3.63, 3.8) is 0 Å². The lowest BCUT2D eigenvalue weighted by atomic mass is 10.1. The van der Waals surface area contributed by atoms with Crippen molar-refractivity contribution in [2.75, 3.05) is 32.8 Å². The molecule has 1 fully saturated rings. The molecule has 142 valence electrons. The highest BCUT2D eigenvalue weighted by Gasteiger charge is 2.21. The zero-order valence-electron chi connectivity index (χ0n) is 15.9. The highest BCUT2D eigenvalue weighted by atomic mass is 32.1. The highest BCUT2D eigenvalue weighted by molar-refractivity contribution is 7.18. The number of hydrogen-bond acceptors (Lipinski definition) is 5. The summed E-state index contributed by atoms with van der Waals surface area (Å²) in [4.78, 5) is 9.94. The van der Waals surface area contributed by atoms with Crippen molar-refractivity contribution in [3.8, 4) is 0 Å². The van der Waals surface area contributed by atoms with E-state index in [9.17, 15) is 0 Å². The molecule has 2 aromatic carbocycles. The van der Waals surface area contributed by atoms with Gasteiger partial charge in [-0.15, -0.1) is 11.3 Å². The average molecular weight is 382 g/mol. The van der Waals surface area contributed by atoms with E-state index in [4.69, 9.17) is 9.72 Å². The summed E-state index contributed by atoms with van der Waals surface area (Å²) in [5, 5.41) is 1.20. The number of rotatable bonds is 7. The van der Waals surface area contributed by atoms with Gasteiger partial charge in [-0.3, -0.25) is 9.80 Å².